The molecule has 0 radical (unpaired) electrons. The Bertz CT molecular complexity index is 569. The van der Waals surface area contributed by atoms with Crippen molar-refractivity contribution in [3.63, 3.8) is 0 Å². The third-order valence-electron chi connectivity index (χ3n) is 2.55. The Morgan fingerprint density at radius 3 is 2.50 bits per heavy atom. The van der Waals surface area contributed by atoms with E-state index in [1.54, 1.807) is 23.9 Å². The minimum atomic E-state index is -0.896. The van der Waals surface area contributed by atoms with Crippen LogP contribution in [0, 0.1) is 0 Å². The fourth-order valence-electron chi connectivity index (χ4n) is 1.62. The Labute approximate surface area is 110 Å². The number of thioether (sulfide) groups is 1. The van der Waals surface area contributed by atoms with Crippen molar-refractivity contribution < 1.29 is 9.90 Å². The molecule has 0 unspecified atom stereocenters. The van der Waals surface area contributed by atoms with Crippen LogP contribution in [0.25, 0.3) is 0 Å². The van der Waals surface area contributed by atoms with Crippen LogP contribution in [0.15, 0.2) is 53.4 Å². The molecule has 4 heteroatoms. The topological polar surface area (TPSA) is 63.3 Å². The van der Waals surface area contributed by atoms with E-state index in [2.05, 4.69) is 0 Å². The summed E-state index contributed by atoms with van der Waals surface area (Å²) < 4.78 is 0. The van der Waals surface area contributed by atoms with E-state index in [0.717, 1.165) is 16.1 Å². The molecule has 0 aliphatic heterocycles. The van der Waals surface area contributed by atoms with E-state index < -0.39 is 5.97 Å². The van der Waals surface area contributed by atoms with Crippen molar-refractivity contribution in [1.29, 1.82) is 0 Å². The van der Waals surface area contributed by atoms with Gasteiger partial charge in [0.1, 0.15) is 0 Å². The van der Waals surface area contributed by atoms with Gasteiger partial charge in [0.15, 0.2) is 0 Å². The summed E-state index contributed by atoms with van der Waals surface area (Å²) in [5.41, 5.74) is 7.71. The number of rotatable bonds is 4. The maximum atomic E-state index is 11.1. The number of hydrogen-bond acceptors (Lipinski definition) is 3. The van der Waals surface area contributed by atoms with E-state index in [0.29, 0.717) is 11.3 Å². The molecule has 0 fully saturated rings. The predicted octanol–water partition coefficient (Wildman–Crippen LogP) is 3.26. The van der Waals surface area contributed by atoms with Crippen LogP contribution in [0.5, 0.6) is 0 Å². The molecule has 2 aromatic rings. The number of nitrogens with two attached hydrogens (primary N) is 1. The molecule has 0 aliphatic rings. The molecule has 0 saturated carbocycles. The van der Waals surface area contributed by atoms with Crippen molar-refractivity contribution in [2.75, 3.05) is 5.73 Å². The summed E-state index contributed by atoms with van der Waals surface area (Å²) in [6.45, 7) is 0. The molecule has 0 atom stereocenters. The summed E-state index contributed by atoms with van der Waals surface area (Å²) in [6, 6.07) is 14.6. The molecule has 0 bridgehead atoms. The van der Waals surface area contributed by atoms with Crippen LogP contribution in [0.1, 0.15) is 15.9 Å². The highest BCUT2D eigenvalue weighted by molar-refractivity contribution is 7.98. The average Bonchev–Trinajstić information content (AvgIpc) is 2.38. The van der Waals surface area contributed by atoms with Crippen molar-refractivity contribution in [3.05, 3.63) is 59.7 Å². The molecule has 92 valence electrons. The van der Waals surface area contributed by atoms with Crippen LogP contribution in [-0.2, 0) is 5.75 Å². The van der Waals surface area contributed by atoms with Crippen LogP contribution >= 0.6 is 11.8 Å². The molecule has 0 spiro atoms. The number of hydrogen-bond donors (Lipinski definition) is 2. The summed E-state index contributed by atoms with van der Waals surface area (Å²) in [6.07, 6.45) is 0. The van der Waals surface area contributed by atoms with E-state index in [1.807, 2.05) is 36.4 Å². The predicted molar refractivity (Wildman–Crippen MR) is 73.8 cm³/mol. The van der Waals surface area contributed by atoms with Crippen molar-refractivity contribution in [2.45, 2.75) is 10.6 Å². The number of benzene rings is 2. The minimum Gasteiger partial charge on any atom is -0.478 e. The monoisotopic (exact) mass is 259 g/mol. The van der Waals surface area contributed by atoms with E-state index in [4.69, 9.17) is 10.8 Å². The van der Waals surface area contributed by atoms with Crippen molar-refractivity contribution in [3.8, 4) is 0 Å². The smallest absolute Gasteiger partial charge is 0.335 e. The van der Waals surface area contributed by atoms with Gasteiger partial charge in [0.25, 0.3) is 0 Å². The molecule has 3 N–H and O–H groups in total. The highest BCUT2D eigenvalue weighted by Crippen LogP contribution is 2.28. The van der Waals surface area contributed by atoms with Crippen molar-refractivity contribution >= 4 is 23.4 Å². The Balaban J connectivity index is 2.16. The Hall–Kier alpha value is -1.94. The van der Waals surface area contributed by atoms with Crippen LogP contribution in [0.4, 0.5) is 5.69 Å². The standard InChI is InChI=1S/C14H13NO2S/c15-12-7-3-4-8-13(12)18-9-10-5-1-2-6-11(10)14(16)17/h1-8H,9,15H2,(H,16,17). The fourth-order valence-corrected chi connectivity index (χ4v) is 2.59. The summed E-state index contributed by atoms with van der Waals surface area (Å²) >= 11 is 1.54. The number of carbonyl (C=O) groups is 1. The van der Waals surface area contributed by atoms with Crippen LogP contribution in [0.2, 0.25) is 0 Å². The lowest BCUT2D eigenvalue weighted by molar-refractivity contribution is 0.0696. The molecule has 3 nitrogen and oxygen atoms in total. The second-order valence-corrected chi connectivity index (χ2v) is 4.81. The molecular formula is C14H13NO2S. The number of carboxylic acids is 1. The van der Waals surface area contributed by atoms with Gasteiger partial charge in [-0.25, -0.2) is 4.79 Å². The molecule has 0 aromatic heterocycles. The van der Waals surface area contributed by atoms with Gasteiger partial charge in [-0.1, -0.05) is 30.3 Å². The van der Waals surface area contributed by atoms with Gasteiger partial charge < -0.3 is 10.8 Å². The SMILES string of the molecule is Nc1ccccc1SCc1ccccc1C(=O)O. The number of nitrogen functional groups attached to an aromatic ring is 1. The van der Waals surface area contributed by atoms with Crippen LogP contribution in [0.3, 0.4) is 0 Å². The highest BCUT2D eigenvalue weighted by atomic mass is 32.2. The Kier molecular flexibility index (Phi) is 3.89. The maximum Gasteiger partial charge on any atom is 0.335 e. The molecule has 0 heterocycles. The van der Waals surface area contributed by atoms with Crippen molar-refractivity contribution in [1.82, 2.24) is 0 Å². The normalized spacial score (nSPS) is 10.2. The lowest BCUT2D eigenvalue weighted by Gasteiger charge is -2.07. The molecular weight excluding hydrogens is 246 g/mol. The summed E-state index contributed by atoms with van der Waals surface area (Å²) in [5.74, 6) is -0.302. The van der Waals surface area contributed by atoms with Gasteiger partial charge in [-0.3, -0.25) is 0 Å². The lowest BCUT2D eigenvalue weighted by Crippen LogP contribution is -2.01. The van der Waals surface area contributed by atoms with E-state index >= 15 is 0 Å². The van der Waals surface area contributed by atoms with Gasteiger partial charge >= 0.3 is 5.97 Å². The van der Waals surface area contributed by atoms with E-state index in [9.17, 15) is 4.79 Å². The third kappa shape index (κ3) is 2.84. The number of para-hydroxylation sites is 1. The number of carboxylic acid groups (broad SMARTS) is 1. The van der Waals surface area contributed by atoms with E-state index in [1.165, 1.54) is 0 Å². The fraction of sp³-hybridized carbons (Fsp3) is 0.0714. The van der Waals surface area contributed by atoms with Gasteiger partial charge in [0.05, 0.1) is 5.56 Å². The van der Waals surface area contributed by atoms with Gasteiger partial charge in [0.2, 0.25) is 0 Å². The molecule has 2 aromatic carbocycles. The van der Waals surface area contributed by atoms with Crippen LogP contribution < -0.4 is 5.73 Å². The number of anilines is 1. The molecule has 2 rings (SSSR count). The first-order valence-electron chi connectivity index (χ1n) is 5.47. The van der Waals surface area contributed by atoms with E-state index in [-0.39, 0.29) is 0 Å². The molecule has 0 aliphatic carbocycles. The second kappa shape index (κ2) is 5.60. The molecule has 18 heavy (non-hydrogen) atoms. The number of aromatic carboxylic acids is 1. The van der Waals surface area contributed by atoms with Crippen molar-refractivity contribution in [2.24, 2.45) is 0 Å². The average molecular weight is 259 g/mol. The quantitative estimate of drug-likeness (QED) is 0.653. The first-order chi connectivity index (χ1) is 8.68. The molecule has 0 amide bonds. The Morgan fingerprint density at radius 1 is 1.11 bits per heavy atom. The van der Waals surface area contributed by atoms with Gasteiger partial charge in [0, 0.05) is 16.3 Å². The second-order valence-electron chi connectivity index (χ2n) is 3.79. The lowest BCUT2D eigenvalue weighted by atomic mass is 10.1. The largest absolute Gasteiger partial charge is 0.478 e. The zero-order chi connectivity index (χ0) is 13.0. The first kappa shape index (κ1) is 12.5. The summed E-state index contributed by atoms with van der Waals surface area (Å²) in [7, 11) is 0. The van der Waals surface area contributed by atoms with Gasteiger partial charge in [-0.05, 0) is 23.8 Å². The third-order valence-corrected chi connectivity index (χ3v) is 3.69. The molecule has 0 saturated heterocycles. The van der Waals surface area contributed by atoms with Gasteiger partial charge in [-0.2, -0.15) is 0 Å². The maximum absolute atomic E-state index is 11.1. The first-order valence-corrected chi connectivity index (χ1v) is 6.45. The minimum absolute atomic E-state index is 0.347. The van der Waals surface area contributed by atoms with Gasteiger partial charge in [-0.15, -0.1) is 11.8 Å². The highest BCUT2D eigenvalue weighted by Gasteiger charge is 2.09. The summed E-state index contributed by atoms with van der Waals surface area (Å²) in [5, 5.41) is 9.08. The summed E-state index contributed by atoms with van der Waals surface area (Å²) in [4.78, 5) is 12.0. The van der Waals surface area contributed by atoms with Crippen LogP contribution in [-0.4, -0.2) is 11.1 Å². The Morgan fingerprint density at radius 2 is 1.78 bits per heavy atom. The zero-order valence-electron chi connectivity index (χ0n) is 9.67. The zero-order valence-corrected chi connectivity index (χ0v) is 10.5.